The molecule has 1 aliphatic heterocycles. The van der Waals surface area contributed by atoms with Crippen LogP contribution in [0.5, 0.6) is 5.75 Å². The predicted octanol–water partition coefficient (Wildman–Crippen LogP) is 2.97. The lowest BCUT2D eigenvalue weighted by atomic mass is 10.2. The van der Waals surface area contributed by atoms with Crippen LogP contribution in [-0.2, 0) is 0 Å². The molecule has 1 aromatic heterocycles. The molecule has 0 bridgehead atoms. The Balaban J connectivity index is 1.61. The maximum Gasteiger partial charge on any atom is 0.257 e. The molecular formula is C19H22FN3O2. The van der Waals surface area contributed by atoms with Crippen molar-refractivity contribution >= 4 is 11.7 Å². The minimum absolute atomic E-state index is 0.0853. The van der Waals surface area contributed by atoms with Crippen LogP contribution in [0.2, 0.25) is 0 Å². The van der Waals surface area contributed by atoms with Gasteiger partial charge in [0.2, 0.25) is 0 Å². The van der Waals surface area contributed by atoms with Crippen LogP contribution in [0.1, 0.15) is 23.2 Å². The number of carbonyl (C=O) groups is 1. The van der Waals surface area contributed by atoms with Gasteiger partial charge in [-0.2, -0.15) is 0 Å². The molecule has 25 heavy (non-hydrogen) atoms. The van der Waals surface area contributed by atoms with E-state index in [1.165, 1.54) is 12.1 Å². The molecule has 3 rings (SSSR count). The largest absolute Gasteiger partial charge is 0.492 e. The molecule has 0 spiro atoms. The van der Waals surface area contributed by atoms with Gasteiger partial charge in [0.05, 0.1) is 12.1 Å². The average Bonchev–Trinajstić information content (AvgIpc) is 3.15. The highest BCUT2D eigenvalue weighted by Crippen LogP contribution is 2.23. The number of likely N-dealkylation sites (N-methyl/N-ethyl adjacent to an activating group) is 1. The molecule has 1 fully saturated rings. The fraction of sp³-hybridized carbons (Fsp3) is 0.368. The molecule has 132 valence electrons. The number of hydrogen-bond acceptors (Lipinski definition) is 4. The molecule has 0 radical (unpaired) electrons. The zero-order chi connectivity index (χ0) is 17.6. The molecule has 6 heteroatoms. The van der Waals surface area contributed by atoms with Gasteiger partial charge in [-0.3, -0.25) is 4.79 Å². The maximum atomic E-state index is 13.1. The van der Waals surface area contributed by atoms with Crippen molar-refractivity contribution in [2.45, 2.75) is 12.8 Å². The van der Waals surface area contributed by atoms with Crippen molar-refractivity contribution in [3.8, 4) is 5.75 Å². The number of carbonyl (C=O) groups excluding carboxylic acids is 1. The minimum atomic E-state index is -0.340. The van der Waals surface area contributed by atoms with Crippen molar-refractivity contribution in [2.75, 3.05) is 38.2 Å². The Bertz CT molecular complexity index is 732. The number of amides is 1. The number of pyridine rings is 1. The molecule has 0 N–H and O–H groups in total. The summed E-state index contributed by atoms with van der Waals surface area (Å²) in [7, 11) is 1.73. The van der Waals surface area contributed by atoms with Crippen LogP contribution in [-0.4, -0.2) is 49.1 Å². The Kier molecular flexibility index (Phi) is 5.48. The fourth-order valence-corrected chi connectivity index (χ4v) is 2.91. The van der Waals surface area contributed by atoms with E-state index in [2.05, 4.69) is 9.88 Å². The first kappa shape index (κ1) is 17.2. The second kappa shape index (κ2) is 7.96. The quantitative estimate of drug-likeness (QED) is 0.809. The summed E-state index contributed by atoms with van der Waals surface area (Å²) in [6.45, 7) is 2.57. The van der Waals surface area contributed by atoms with Gasteiger partial charge in [-0.25, -0.2) is 9.37 Å². The van der Waals surface area contributed by atoms with Crippen molar-refractivity contribution in [2.24, 2.45) is 0 Å². The maximum absolute atomic E-state index is 13.1. The third-order valence-corrected chi connectivity index (χ3v) is 4.26. The van der Waals surface area contributed by atoms with Crippen molar-refractivity contribution in [3.05, 3.63) is 54.0 Å². The highest BCUT2D eigenvalue weighted by molar-refractivity contribution is 5.98. The van der Waals surface area contributed by atoms with Gasteiger partial charge in [0.15, 0.2) is 0 Å². The summed E-state index contributed by atoms with van der Waals surface area (Å²) in [5.74, 6) is 0.785. The van der Waals surface area contributed by atoms with E-state index in [9.17, 15) is 9.18 Å². The number of ether oxygens (including phenoxy) is 1. The zero-order valence-corrected chi connectivity index (χ0v) is 14.3. The summed E-state index contributed by atoms with van der Waals surface area (Å²) >= 11 is 0. The van der Waals surface area contributed by atoms with Crippen LogP contribution >= 0.6 is 0 Å². The zero-order valence-electron chi connectivity index (χ0n) is 14.3. The number of aromatic nitrogens is 1. The fourth-order valence-electron chi connectivity index (χ4n) is 2.91. The van der Waals surface area contributed by atoms with Gasteiger partial charge < -0.3 is 14.5 Å². The second-order valence-electron chi connectivity index (χ2n) is 6.10. The summed E-state index contributed by atoms with van der Waals surface area (Å²) in [4.78, 5) is 20.9. The lowest BCUT2D eigenvalue weighted by molar-refractivity contribution is 0.0774. The van der Waals surface area contributed by atoms with Crippen molar-refractivity contribution in [1.29, 1.82) is 0 Å². The van der Waals surface area contributed by atoms with Crippen molar-refractivity contribution in [3.63, 3.8) is 0 Å². The van der Waals surface area contributed by atoms with Crippen molar-refractivity contribution < 1.29 is 13.9 Å². The lowest BCUT2D eigenvalue weighted by Gasteiger charge is -2.23. The second-order valence-corrected chi connectivity index (χ2v) is 6.10. The van der Waals surface area contributed by atoms with Crippen LogP contribution in [0.3, 0.4) is 0 Å². The van der Waals surface area contributed by atoms with E-state index >= 15 is 0 Å². The van der Waals surface area contributed by atoms with E-state index in [1.807, 2.05) is 6.07 Å². The summed E-state index contributed by atoms with van der Waals surface area (Å²) in [6.07, 6.45) is 3.97. The van der Waals surface area contributed by atoms with Crippen molar-refractivity contribution in [1.82, 2.24) is 9.88 Å². The SMILES string of the molecule is CN(CCOc1cccc(F)c1)C(=O)c1cccnc1N1CCCC1. The molecule has 0 aliphatic carbocycles. The third-order valence-electron chi connectivity index (χ3n) is 4.26. The first-order chi connectivity index (χ1) is 12.1. The molecule has 2 heterocycles. The minimum Gasteiger partial charge on any atom is -0.492 e. The van der Waals surface area contributed by atoms with Gasteiger partial charge in [0, 0.05) is 32.4 Å². The molecule has 0 atom stereocenters. The Morgan fingerprint density at radius 2 is 2.08 bits per heavy atom. The molecule has 5 nitrogen and oxygen atoms in total. The standard InChI is InChI=1S/C19H22FN3O2/c1-22(12-13-25-16-7-4-6-15(20)14-16)19(24)17-8-5-9-21-18(17)23-10-2-3-11-23/h4-9,14H,2-3,10-13H2,1H3. The molecular weight excluding hydrogens is 321 g/mol. The van der Waals surface area contributed by atoms with Gasteiger partial charge in [0.25, 0.3) is 5.91 Å². The van der Waals surface area contributed by atoms with E-state index in [-0.39, 0.29) is 11.7 Å². The molecule has 1 aromatic carbocycles. The van der Waals surface area contributed by atoms with Gasteiger partial charge in [0.1, 0.15) is 24.0 Å². The first-order valence-electron chi connectivity index (χ1n) is 8.49. The molecule has 1 aliphatic rings. The summed E-state index contributed by atoms with van der Waals surface area (Å²) in [6, 6.07) is 9.57. The van der Waals surface area contributed by atoms with Crippen LogP contribution in [0, 0.1) is 5.82 Å². The predicted molar refractivity (Wildman–Crippen MR) is 94.5 cm³/mol. The Hall–Kier alpha value is -2.63. The third kappa shape index (κ3) is 4.26. The monoisotopic (exact) mass is 343 g/mol. The van der Waals surface area contributed by atoms with Crippen LogP contribution in [0.4, 0.5) is 10.2 Å². The molecule has 2 aromatic rings. The van der Waals surface area contributed by atoms with E-state index in [0.29, 0.717) is 24.5 Å². The topological polar surface area (TPSA) is 45.7 Å². The summed E-state index contributed by atoms with van der Waals surface area (Å²) in [5.41, 5.74) is 0.609. The van der Waals surface area contributed by atoms with E-state index in [4.69, 9.17) is 4.74 Å². The smallest absolute Gasteiger partial charge is 0.257 e. The Labute approximate surface area is 147 Å². The molecule has 0 unspecified atom stereocenters. The highest BCUT2D eigenvalue weighted by atomic mass is 19.1. The van der Waals surface area contributed by atoms with Gasteiger partial charge in [-0.1, -0.05) is 6.07 Å². The normalized spacial score (nSPS) is 13.8. The van der Waals surface area contributed by atoms with Gasteiger partial charge in [-0.15, -0.1) is 0 Å². The molecule has 0 saturated carbocycles. The van der Waals surface area contributed by atoms with Crippen LogP contribution < -0.4 is 9.64 Å². The van der Waals surface area contributed by atoms with E-state index < -0.39 is 0 Å². The molecule has 1 amide bonds. The molecule has 1 saturated heterocycles. The number of halogens is 1. The number of anilines is 1. The average molecular weight is 343 g/mol. The number of hydrogen-bond donors (Lipinski definition) is 0. The lowest BCUT2D eigenvalue weighted by Crippen LogP contribution is -2.33. The Morgan fingerprint density at radius 1 is 1.28 bits per heavy atom. The number of rotatable bonds is 6. The van der Waals surface area contributed by atoms with Gasteiger partial charge in [-0.05, 0) is 37.1 Å². The summed E-state index contributed by atoms with van der Waals surface area (Å²) < 4.78 is 18.7. The van der Waals surface area contributed by atoms with Crippen LogP contribution in [0.15, 0.2) is 42.6 Å². The van der Waals surface area contributed by atoms with Gasteiger partial charge >= 0.3 is 0 Å². The Morgan fingerprint density at radius 3 is 2.84 bits per heavy atom. The van der Waals surface area contributed by atoms with E-state index in [1.54, 1.807) is 36.3 Å². The van der Waals surface area contributed by atoms with E-state index in [0.717, 1.165) is 31.7 Å². The number of benzene rings is 1. The number of nitrogens with zero attached hydrogens (tertiary/aromatic N) is 3. The first-order valence-corrected chi connectivity index (χ1v) is 8.49. The summed E-state index contributed by atoms with van der Waals surface area (Å²) in [5, 5.41) is 0. The van der Waals surface area contributed by atoms with Crippen LogP contribution in [0.25, 0.3) is 0 Å². The highest BCUT2D eigenvalue weighted by Gasteiger charge is 2.22.